The molecule has 1 aromatic heterocycles. The van der Waals surface area contributed by atoms with Crippen LogP contribution in [-0.4, -0.2) is 10.8 Å². The van der Waals surface area contributed by atoms with Crippen molar-refractivity contribution in [2.24, 2.45) is 0 Å². The normalized spacial score (nSPS) is 10.7. The van der Waals surface area contributed by atoms with Gasteiger partial charge in [0.25, 0.3) is 6.33 Å². The number of benzene rings is 4. The average Bonchev–Trinajstić information content (AvgIpc) is 2.79. The zero-order valence-electron chi connectivity index (χ0n) is 16.2. The number of carbonyl (C=O) groups is 1. The first-order valence-corrected chi connectivity index (χ1v) is 9.63. The first-order chi connectivity index (χ1) is 14.3. The zero-order valence-corrected chi connectivity index (χ0v) is 17.9. The van der Waals surface area contributed by atoms with E-state index in [-0.39, 0.29) is 29.3 Å². The van der Waals surface area contributed by atoms with Gasteiger partial charge in [0.1, 0.15) is 0 Å². The van der Waals surface area contributed by atoms with E-state index in [1.807, 2.05) is 71.4 Å². The number of fused-ring (bicyclic) bond motifs is 2. The predicted molar refractivity (Wildman–Crippen MR) is 126 cm³/mol. The maximum absolute atomic E-state index is 12.9. The average molecular weight is 456 g/mol. The Morgan fingerprint density at radius 1 is 0.767 bits per heavy atom. The summed E-state index contributed by atoms with van der Waals surface area (Å²) in [4.78, 5) is 17.5. The summed E-state index contributed by atoms with van der Waals surface area (Å²) < 4.78 is 1.83. The van der Waals surface area contributed by atoms with Crippen molar-refractivity contribution in [3.63, 3.8) is 0 Å². The fraction of sp³-hybridized carbons (Fsp3) is 0.0385. The summed E-state index contributed by atoms with van der Waals surface area (Å²) in [5.41, 5.74) is 2.70. The molecule has 0 bridgehead atoms. The van der Waals surface area contributed by atoms with Crippen LogP contribution < -0.4 is 4.57 Å². The number of Topliss-reactive ketones (excluding diaryl/α,β-unsaturated/α-hetero) is 1. The van der Waals surface area contributed by atoms with Crippen LogP contribution in [0.2, 0.25) is 0 Å². The van der Waals surface area contributed by atoms with Gasteiger partial charge in [-0.25, -0.2) is 4.57 Å². The van der Waals surface area contributed by atoms with Crippen molar-refractivity contribution < 1.29 is 9.36 Å². The molecule has 0 spiro atoms. The number of halogens is 1. The molecule has 0 saturated heterocycles. The Balaban J connectivity index is 0.00000218. The molecule has 4 aromatic carbocycles. The van der Waals surface area contributed by atoms with Crippen molar-refractivity contribution >= 4 is 44.3 Å². The number of aromatic nitrogens is 2. The Bertz CT molecular complexity index is 1340. The Hall–Kier alpha value is -3.37. The third kappa shape index (κ3) is 3.87. The van der Waals surface area contributed by atoms with Crippen LogP contribution in [0.4, 0.5) is 0 Å². The fourth-order valence-corrected chi connectivity index (χ4v) is 3.72. The molecule has 0 fully saturated rings. The van der Waals surface area contributed by atoms with Gasteiger partial charge in [0.2, 0.25) is 5.78 Å². The van der Waals surface area contributed by atoms with Crippen LogP contribution in [0.15, 0.2) is 104 Å². The first-order valence-electron chi connectivity index (χ1n) is 9.63. The minimum absolute atomic E-state index is 0. The number of rotatable bonds is 4. The predicted octanol–water partition coefficient (Wildman–Crippen LogP) is 5.80. The topological polar surface area (TPSA) is 33.8 Å². The van der Waals surface area contributed by atoms with Crippen molar-refractivity contribution in [2.45, 2.75) is 6.54 Å². The maximum atomic E-state index is 12.9. The highest BCUT2D eigenvalue weighted by Gasteiger charge is 2.14. The van der Waals surface area contributed by atoms with Crippen molar-refractivity contribution in [3.05, 3.63) is 109 Å². The molecule has 0 aliphatic rings. The van der Waals surface area contributed by atoms with Crippen molar-refractivity contribution in [1.82, 2.24) is 4.98 Å². The minimum Gasteiger partial charge on any atom is -0.290 e. The van der Waals surface area contributed by atoms with Crippen molar-refractivity contribution in [2.75, 3.05) is 0 Å². The van der Waals surface area contributed by atoms with Crippen LogP contribution in [0.5, 0.6) is 0 Å². The Morgan fingerprint density at radius 3 is 2.30 bits per heavy atom. The van der Waals surface area contributed by atoms with Crippen LogP contribution >= 0.6 is 17.0 Å². The molecule has 5 rings (SSSR count). The molecular formula is C26H20BrN2O+. The molecule has 1 heterocycles. The number of ketones is 1. The van der Waals surface area contributed by atoms with Crippen LogP contribution in [0.25, 0.3) is 32.8 Å². The highest BCUT2D eigenvalue weighted by molar-refractivity contribution is 8.93. The first kappa shape index (κ1) is 19.9. The largest absolute Gasteiger partial charge is 0.290 e. The molecule has 0 aliphatic heterocycles. The van der Waals surface area contributed by atoms with Crippen molar-refractivity contribution in [1.29, 1.82) is 0 Å². The van der Waals surface area contributed by atoms with Gasteiger partial charge in [-0.3, -0.25) is 4.79 Å². The molecule has 0 aliphatic carbocycles. The van der Waals surface area contributed by atoms with E-state index in [4.69, 9.17) is 0 Å². The van der Waals surface area contributed by atoms with E-state index in [0.29, 0.717) is 0 Å². The van der Waals surface area contributed by atoms with E-state index < -0.39 is 0 Å². The van der Waals surface area contributed by atoms with Crippen LogP contribution in [0.3, 0.4) is 0 Å². The van der Waals surface area contributed by atoms with Gasteiger partial charge >= 0.3 is 0 Å². The molecule has 0 unspecified atom stereocenters. The number of carbonyl (C=O) groups excluding carboxylic acids is 1. The Labute approximate surface area is 185 Å². The lowest BCUT2D eigenvalue weighted by atomic mass is 10.0. The van der Waals surface area contributed by atoms with E-state index in [9.17, 15) is 4.79 Å². The zero-order chi connectivity index (χ0) is 19.6. The third-order valence-corrected chi connectivity index (χ3v) is 5.23. The summed E-state index contributed by atoms with van der Waals surface area (Å²) in [7, 11) is 0. The summed E-state index contributed by atoms with van der Waals surface area (Å²) in [6, 6.07) is 30.4. The summed E-state index contributed by atoms with van der Waals surface area (Å²) in [6.45, 7) is 0.263. The van der Waals surface area contributed by atoms with E-state index >= 15 is 0 Å². The van der Waals surface area contributed by atoms with Gasteiger partial charge in [-0.1, -0.05) is 72.8 Å². The van der Waals surface area contributed by atoms with E-state index in [0.717, 1.165) is 27.6 Å². The van der Waals surface area contributed by atoms with Crippen LogP contribution in [0.1, 0.15) is 10.4 Å². The Kier molecular flexibility index (Phi) is 5.68. The summed E-state index contributed by atoms with van der Waals surface area (Å²) in [5.74, 6) is 0.0760. The Morgan fingerprint density at radius 2 is 1.50 bits per heavy atom. The minimum atomic E-state index is 0. The summed E-state index contributed by atoms with van der Waals surface area (Å²) in [5, 5.41) is 4.46. The summed E-state index contributed by atoms with van der Waals surface area (Å²) >= 11 is 0. The molecular weight excluding hydrogens is 436 g/mol. The van der Waals surface area contributed by atoms with Gasteiger partial charge < -0.3 is 0 Å². The number of hydrogen-bond donors (Lipinski definition) is 0. The highest BCUT2D eigenvalue weighted by atomic mass is 79.9. The van der Waals surface area contributed by atoms with Gasteiger partial charge in [0, 0.05) is 17.2 Å². The van der Waals surface area contributed by atoms with E-state index in [1.54, 1.807) is 6.33 Å². The number of hydrogen-bond acceptors (Lipinski definition) is 2. The molecule has 3 nitrogen and oxygen atoms in total. The second-order valence-corrected chi connectivity index (χ2v) is 7.13. The molecule has 0 amide bonds. The van der Waals surface area contributed by atoms with Crippen LogP contribution in [0, 0.1) is 0 Å². The lowest BCUT2D eigenvalue weighted by Gasteiger charge is -2.05. The molecule has 4 heteroatoms. The SMILES string of the molecule is Br.O=C(C[n+]1ccc(-c2ccc3ccccc3c2)nc1)c1cccc2ccccc12. The van der Waals surface area contributed by atoms with Gasteiger partial charge in [-0.05, 0) is 38.7 Å². The van der Waals surface area contributed by atoms with Gasteiger partial charge in [-0.2, -0.15) is 0 Å². The quantitative estimate of drug-likeness (QED) is 0.253. The second kappa shape index (κ2) is 8.56. The van der Waals surface area contributed by atoms with Crippen LogP contribution in [-0.2, 0) is 6.54 Å². The van der Waals surface area contributed by atoms with Gasteiger partial charge in [0.05, 0.1) is 6.20 Å². The lowest BCUT2D eigenvalue weighted by Crippen LogP contribution is -2.37. The summed E-state index contributed by atoms with van der Waals surface area (Å²) in [6.07, 6.45) is 3.65. The molecule has 0 radical (unpaired) electrons. The van der Waals surface area contributed by atoms with E-state index in [1.165, 1.54) is 10.8 Å². The van der Waals surface area contributed by atoms with E-state index in [2.05, 4.69) is 35.3 Å². The number of nitrogens with zero attached hydrogens (tertiary/aromatic N) is 2. The van der Waals surface area contributed by atoms with Crippen molar-refractivity contribution in [3.8, 4) is 11.3 Å². The monoisotopic (exact) mass is 455 g/mol. The maximum Gasteiger partial charge on any atom is 0.287 e. The second-order valence-electron chi connectivity index (χ2n) is 7.13. The molecule has 30 heavy (non-hydrogen) atoms. The smallest absolute Gasteiger partial charge is 0.287 e. The fourth-order valence-electron chi connectivity index (χ4n) is 3.72. The third-order valence-electron chi connectivity index (χ3n) is 5.23. The molecule has 5 aromatic rings. The van der Waals surface area contributed by atoms with Gasteiger partial charge in [0.15, 0.2) is 12.2 Å². The van der Waals surface area contributed by atoms with Gasteiger partial charge in [-0.15, -0.1) is 17.0 Å². The molecule has 0 saturated carbocycles. The lowest BCUT2D eigenvalue weighted by molar-refractivity contribution is -0.686. The highest BCUT2D eigenvalue weighted by Crippen LogP contribution is 2.22. The molecule has 0 N–H and O–H groups in total. The standard InChI is InChI=1S/C26H19N2O.BrH/c29-26(24-11-5-9-20-7-3-4-10-23(20)24)17-28-15-14-25(27-18-28)22-13-12-19-6-1-2-8-21(19)16-22;/h1-16,18H,17H2;1H/q+1;. The molecule has 0 atom stereocenters. The molecule has 146 valence electrons.